The van der Waals surface area contributed by atoms with Gasteiger partial charge in [0.15, 0.2) is 4.47 Å². The van der Waals surface area contributed by atoms with Crippen LogP contribution in [-0.2, 0) is 5.75 Å². The van der Waals surface area contributed by atoms with Crippen molar-refractivity contribution < 1.29 is 5.11 Å². The molecule has 9 heteroatoms. The molecule has 2 heterocycles. The van der Waals surface area contributed by atoms with Crippen molar-refractivity contribution in [2.24, 2.45) is 0 Å². The van der Waals surface area contributed by atoms with Gasteiger partial charge in [0, 0.05) is 16.8 Å². The minimum Gasteiger partial charge on any atom is -0.508 e. The first kappa shape index (κ1) is 13.3. The Kier molecular flexibility index (Phi) is 3.86. The van der Waals surface area contributed by atoms with E-state index in [-0.39, 0.29) is 5.75 Å². The summed E-state index contributed by atoms with van der Waals surface area (Å²) in [6.07, 6.45) is 1.74. The number of hydrogen-bond donors (Lipinski definition) is 1. The number of thiazole rings is 1. The lowest BCUT2D eigenvalue weighted by Crippen LogP contribution is -1.98. The van der Waals surface area contributed by atoms with E-state index < -0.39 is 0 Å². The van der Waals surface area contributed by atoms with E-state index >= 15 is 0 Å². The third kappa shape index (κ3) is 2.92. The molecule has 0 aliphatic rings. The number of nitrogens with zero attached hydrogens (tertiary/aromatic N) is 5. The van der Waals surface area contributed by atoms with E-state index in [1.807, 2.05) is 0 Å². The molecule has 0 spiro atoms. The number of rotatable bonds is 4. The van der Waals surface area contributed by atoms with Gasteiger partial charge in [-0.15, -0.1) is 16.4 Å². The molecule has 6 nitrogen and oxygen atoms in total. The van der Waals surface area contributed by atoms with Gasteiger partial charge in [-0.05, 0) is 34.7 Å². The van der Waals surface area contributed by atoms with Crippen molar-refractivity contribution >= 4 is 34.7 Å². The number of phenolic OH excluding ortho intramolecular Hbond substituents is 1. The number of tetrazole rings is 1. The van der Waals surface area contributed by atoms with E-state index in [1.54, 1.807) is 35.1 Å². The molecule has 102 valence electrons. The average molecular weight is 326 g/mol. The molecule has 0 radical (unpaired) electrons. The monoisotopic (exact) mass is 325 g/mol. The maximum Gasteiger partial charge on any atom is 0.214 e. The van der Waals surface area contributed by atoms with Crippen LogP contribution in [0.4, 0.5) is 0 Å². The predicted molar refractivity (Wildman–Crippen MR) is 77.5 cm³/mol. The highest BCUT2D eigenvalue weighted by Gasteiger charge is 2.10. The standard InChI is InChI=1S/C11H8ClN5OS2/c12-10-13-5-9(20-10)6-19-11-14-15-16-17(11)7-1-3-8(18)4-2-7/h1-5,18H,6H2. The quantitative estimate of drug-likeness (QED) is 0.743. The van der Waals surface area contributed by atoms with Gasteiger partial charge in [-0.3, -0.25) is 0 Å². The first-order valence-corrected chi connectivity index (χ1v) is 7.71. The van der Waals surface area contributed by atoms with Crippen LogP contribution in [0.3, 0.4) is 0 Å². The summed E-state index contributed by atoms with van der Waals surface area (Å²) in [5, 5.41) is 21.6. The summed E-state index contributed by atoms with van der Waals surface area (Å²) in [5.74, 6) is 0.901. The van der Waals surface area contributed by atoms with Crippen molar-refractivity contribution in [1.82, 2.24) is 25.2 Å². The number of halogens is 1. The summed E-state index contributed by atoms with van der Waals surface area (Å²) in [5.41, 5.74) is 0.789. The topological polar surface area (TPSA) is 76.7 Å². The maximum absolute atomic E-state index is 9.29. The molecule has 3 aromatic rings. The van der Waals surface area contributed by atoms with Gasteiger partial charge in [0.25, 0.3) is 0 Å². The summed E-state index contributed by atoms with van der Waals surface area (Å²) in [7, 11) is 0. The third-order valence-electron chi connectivity index (χ3n) is 2.40. The lowest BCUT2D eigenvalue weighted by Gasteiger charge is -2.03. The molecule has 0 bridgehead atoms. The van der Waals surface area contributed by atoms with Crippen LogP contribution in [0.1, 0.15) is 4.88 Å². The molecule has 20 heavy (non-hydrogen) atoms. The van der Waals surface area contributed by atoms with Gasteiger partial charge in [-0.2, -0.15) is 4.68 Å². The fourth-order valence-electron chi connectivity index (χ4n) is 1.51. The zero-order valence-electron chi connectivity index (χ0n) is 9.97. The van der Waals surface area contributed by atoms with E-state index in [0.29, 0.717) is 15.4 Å². The molecule has 0 unspecified atom stereocenters. The van der Waals surface area contributed by atoms with Gasteiger partial charge < -0.3 is 5.11 Å². The first-order chi connectivity index (χ1) is 9.72. The lowest BCUT2D eigenvalue weighted by atomic mass is 10.3. The summed E-state index contributed by atoms with van der Waals surface area (Å²) < 4.78 is 2.14. The number of phenols is 1. The second kappa shape index (κ2) is 5.78. The molecular formula is C11H8ClN5OS2. The van der Waals surface area contributed by atoms with Crippen molar-refractivity contribution in [2.45, 2.75) is 10.9 Å². The fraction of sp³-hybridized carbons (Fsp3) is 0.0909. The SMILES string of the molecule is Oc1ccc(-n2nnnc2SCc2cnc(Cl)s2)cc1. The van der Waals surface area contributed by atoms with Gasteiger partial charge in [0.1, 0.15) is 5.75 Å². The fourth-order valence-corrected chi connectivity index (χ4v) is 3.40. The van der Waals surface area contributed by atoms with E-state index in [0.717, 1.165) is 10.6 Å². The molecule has 2 aromatic heterocycles. The first-order valence-electron chi connectivity index (χ1n) is 5.53. The number of aromatic nitrogens is 5. The predicted octanol–water partition coefficient (Wildman–Crippen LogP) is 2.77. The Morgan fingerprint density at radius 3 is 2.80 bits per heavy atom. The molecular weight excluding hydrogens is 318 g/mol. The van der Waals surface area contributed by atoms with Crippen LogP contribution in [0.25, 0.3) is 5.69 Å². The molecule has 0 atom stereocenters. The molecule has 1 N–H and O–H groups in total. The van der Waals surface area contributed by atoms with Crippen molar-refractivity contribution in [1.29, 1.82) is 0 Å². The van der Waals surface area contributed by atoms with Crippen LogP contribution in [0, 0.1) is 0 Å². The number of hydrogen-bond acceptors (Lipinski definition) is 7. The van der Waals surface area contributed by atoms with Gasteiger partial charge in [-0.1, -0.05) is 23.4 Å². The second-order valence-electron chi connectivity index (χ2n) is 3.76. The largest absolute Gasteiger partial charge is 0.508 e. The highest BCUT2D eigenvalue weighted by atomic mass is 35.5. The van der Waals surface area contributed by atoms with Crippen molar-refractivity contribution in [3.63, 3.8) is 0 Å². The molecule has 0 fully saturated rings. The Balaban J connectivity index is 1.78. The number of benzene rings is 1. The normalized spacial score (nSPS) is 10.8. The molecule has 3 rings (SSSR count). The van der Waals surface area contributed by atoms with Gasteiger partial charge >= 0.3 is 0 Å². The Bertz CT molecular complexity index is 712. The van der Waals surface area contributed by atoms with Crippen LogP contribution in [-0.4, -0.2) is 30.3 Å². The van der Waals surface area contributed by atoms with Gasteiger partial charge in [0.2, 0.25) is 5.16 Å². The van der Waals surface area contributed by atoms with Gasteiger partial charge in [-0.25, -0.2) is 4.98 Å². The Morgan fingerprint density at radius 2 is 2.10 bits per heavy atom. The number of aromatic hydroxyl groups is 1. The van der Waals surface area contributed by atoms with E-state index in [9.17, 15) is 5.11 Å². The Morgan fingerprint density at radius 1 is 1.30 bits per heavy atom. The second-order valence-corrected chi connectivity index (χ2v) is 6.40. The molecule has 1 aromatic carbocycles. The molecule has 0 saturated heterocycles. The summed E-state index contributed by atoms with van der Waals surface area (Å²) in [6, 6.07) is 6.68. The molecule has 0 aliphatic carbocycles. The van der Waals surface area contributed by atoms with E-state index in [1.165, 1.54) is 23.1 Å². The van der Waals surface area contributed by atoms with Crippen LogP contribution in [0.5, 0.6) is 5.75 Å². The third-order valence-corrected chi connectivity index (χ3v) is 4.67. The zero-order valence-corrected chi connectivity index (χ0v) is 12.4. The van der Waals surface area contributed by atoms with Crippen molar-refractivity contribution in [2.75, 3.05) is 0 Å². The smallest absolute Gasteiger partial charge is 0.214 e. The lowest BCUT2D eigenvalue weighted by molar-refractivity contribution is 0.475. The van der Waals surface area contributed by atoms with Crippen molar-refractivity contribution in [3.05, 3.63) is 39.8 Å². The minimum absolute atomic E-state index is 0.204. The molecule has 0 aliphatic heterocycles. The van der Waals surface area contributed by atoms with Crippen LogP contribution in [0.2, 0.25) is 4.47 Å². The minimum atomic E-state index is 0.204. The van der Waals surface area contributed by atoms with Crippen LogP contribution in [0.15, 0.2) is 35.6 Å². The molecule has 0 amide bonds. The maximum atomic E-state index is 9.29. The highest BCUT2D eigenvalue weighted by Crippen LogP contribution is 2.27. The number of thioether (sulfide) groups is 1. The zero-order chi connectivity index (χ0) is 13.9. The summed E-state index contributed by atoms with van der Waals surface area (Å²) in [4.78, 5) is 5.05. The van der Waals surface area contributed by atoms with Gasteiger partial charge in [0.05, 0.1) is 5.69 Å². The van der Waals surface area contributed by atoms with Crippen molar-refractivity contribution in [3.8, 4) is 11.4 Å². The summed E-state index contributed by atoms with van der Waals surface area (Å²) >= 11 is 8.72. The Labute approximate surface area is 127 Å². The van der Waals surface area contributed by atoms with Crippen LogP contribution >= 0.6 is 34.7 Å². The molecule has 0 saturated carbocycles. The Hall–Kier alpha value is -1.64. The average Bonchev–Trinajstić information content (AvgIpc) is 3.06. The van der Waals surface area contributed by atoms with E-state index in [4.69, 9.17) is 11.6 Å². The van der Waals surface area contributed by atoms with Crippen LogP contribution < -0.4 is 0 Å². The summed E-state index contributed by atoms with van der Waals surface area (Å²) in [6.45, 7) is 0. The van der Waals surface area contributed by atoms with E-state index in [2.05, 4.69) is 20.5 Å². The highest BCUT2D eigenvalue weighted by molar-refractivity contribution is 7.98.